The van der Waals surface area contributed by atoms with E-state index in [2.05, 4.69) is 41.5 Å². The molecule has 0 aliphatic carbocycles. The SMILES string of the molecule is CCOCCN1CCCC(NC)c2ccccc21. The number of nitrogens with one attached hydrogen (secondary N) is 1. The van der Waals surface area contributed by atoms with Gasteiger partial charge in [0.1, 0.15) is 0 Å². The summed E-state index contributed by atoms with van der Waals surface area (Å²) in [6, 6.07) is 9.23. The first-order valence-electron chi connectivity index (χ1n) is 6.95. The Morgan fingerprint density at radius 1 is 1.39 bits per heavy atom. The van der Waals surface area contributed by atoms with Crippen LogP contribution >= 0.6 is 0 Å². The van der Waals surface area contributed by atoms with Crippen LogP contribution in [0.5, 0.6) is 0 Å². The summed E-state index contributed by atoms with van der Waals surface area (Å²) in [5.74, 6) is 0. The number of fused-ring (bicyclic) bond motifs is 1. The van der Waals surface area contributed by atoms with E-state index in [1.54, 1.807) is 0 Å². The summed E-state index contributed by atoms with van der Waals surface area (Å²) in [5, 5.41) is 3.43. The standard InChI is InChI=1S/C15H24N2O/c1-3-18-12-11-17-10-6-8-14(16-2)13-7-4-5-9-15(13)17/h4-5,7,9,14,16H,3,6,8,10-12H2,1-2H3. The second-order valence-electron chi connectivity index (χ2n) is 4.73. The normalized spacial score (nSPS) is 19.4. The third-order valence-electron chi connectivity index (χ3n) is 3.63. The highest BCUT2D eigenvalue weighted by Gasteiger charge is 2.20. The van der Waals surface area contributed by atoms with Crippen LogP contribution in [0.1, 0.15) is 31.4 Å². The molecule has 0 radical (unpaired) electrons. The van der Waals surface area contributed by atoms with Crippen molar-refractivity contribution in [3.63, 3.8) is 0 Å². The summed E-state index contributed by atoms with van der Waals surface area (Å²) < 4.78 is 5.49. The molecule has 100 valence electrons. The van der Waals surface area contributed by atoms with E-state index in [-0.39, 0.29) is 0 Å². The van der Waals surface area contributed by atoms with Crippen LogP contribution in [0.4, 0.5) is 5.69 Å². The zero-order valence-electron chi connectivity index (χ0n) is 11.5. The summed E-state index contributed by atoms with van der Waals surface area (Å²) >= 11 is 0. The molecule has 1 atom stereocenters. The predicted molar refractivity (Wildman–Crippen MR) is 76.2 cm³/mol. The molecule has 18 heavy (non-hydrogen) atoms. The molecule has 2 rings (SSSR count). The van der Waals surface area contributed by atoms with Gasteiger partial charge in [0.15, 0.2) is 0 Å². The third-order valence-corrected chi connectivity index (χ3v) is 3.63. The molecule has 0 saturated carbocycles. The van der Waals surface area contributed by atoms with Crippen molar-refractivity contribution in [2.45, 2.75) is 25.8 Å². The van der Waals surface area contributed by atoms with Crippen LogP contribution in [-0.4, -0.2) is 33.4 Å². The first kappa shape index (κ1) is 13.4. The quantitative estimate of drug-likeness (QED) is 0.811. The molecule has 1 aromatic carbocycles. The summed E-state index contributed by atoms with van der Waals surface area (Å²) in [6.45, 7) is 5.78. The van der Waals surface area contributed by atoms with E-state index >= 15 is 0 Å². The van der Waals surface area contributed by atoms with Gasteiger partial charge < -0.3 is 15.0 Å². The van der Waals surface area contributed by atoms with Crippen molar-refractivity contribution in [2.75, 3.05) is 38.3 Å². The Morgan fingerprint density at radius 2 is 2.22 bits per heavy atom. The molecule has 3 nitrogen and oxygen atoms in total. The van der Waals surface area contributed by atoms with Gasteiger partial charge in [-0.1, -0.05) is 18.2 Å². The van der Waals surface area contributed by atoms with Gasteiger partial charge in [0.2, 0.25) is 0 Å². The van der Waals surface area contributed by atoms with E-state index in [0.29, 0.717) is 6.04 Å². The second kappa shape index (κ2) is 6.76. The maximum atomic E-state index is 5.49. The first-order valence-corrected chi connectivity index (χ1v) is 6.95. The van der Waals surface area contributed by atoms with E-state index in [4.69, 9.17) is 4.74 Å². The van der Waals surface area contributed by atoms with Crippen molar-refractivity contribution < 1.29 is 4.74 Å². The van der Waals surface area contributed by atoms with Gasteiger partial charge in [0.05, 0.1) is 6.61 Å². The Morgan fingerprint density at radius 3 is 3.00 bits per heavy atom. The van der Waals surface area contributed by atoms with E-state index in [1.165, 1.54) is 24.1 Å². The van der Waals surface area contributed by atoms with Crippen molar-refractivity contribution in [3.8, 4) is 0 Å². The Bertz CT molecular complexity index is 367. The minimum atomic E-state index is 0.485. The lowest BCUT2D eigenvalue weighted by atomic mass is 10.0. The summed E-state index contributed by atoms with van der Waals surface area (Å²) in [5.41, 5.74) is 2.79. The van der Waals surface area contributed by atoms with Gasteiger partial charge in [-0.05, 0) is 38.4 Å². The fourth-order valence-corrected chi connectivity index (χ4v) is 2.68. The van der Waals surface area contributed by atoms with Crippen LogP contribution in [-0.2, 0) is 4.74 Å². The first-order chi connectivity index (χ1) is 8.86. The number of benzene rings is 1. The average Bonchev–Trinajstić information content (AvgIpc) is 2.59. The topological polar surface area (TPSA) is 24.5 Å². The number of hydrogen-bond donors (Lipinski definition) is 1. The van der Waals surface area contributed by atoms with Crippen LogP contribution in [0.3, 0.4) is 0 Å². The molecule has 0 saturated heterocycles. The van der Waals surface area contributed by atoms with Crippen molar-refractivity contribution >= 4 is 5.69 Å². The van der Waals surface area contributed by atoms with Crippen LogP contribution < -0.4 is 10.2 Å². The van der Waals surface area contributed by atoms with E-state index in [9.17, 15) is 0 Å². The minimum Gasteiger partial charge on any atom is -0.380 e. The molecule has 0 bridgehead atoms. The van der Waals surface area contributed by atoms with Gasteiger partial charge in [-0.15, -0.1) is 0 Å². The van der Waals surface area contributed by atoms with Gasteiger partial charge in [0, 0.05) is 31.4 Å². The van der Waals surface area contributed by atoms with Crippen LogP contribution in [0.15, 0.2) is 24.3 Å². The highest BCUT2D eigenvalue weighted by molar-refractivity contribution is 5.55. The molecule has 0 amide bonds. The maximum Gasteiger partial charge on any atom is 0.0641 e. The molecule has 1 N–H and O–H groups in total. The summed E-state index contributed by atoms with van der Waals surface area (Å²) in [7, 11) is 2.05. The zero-order chi connectivity index (χ0) is 12.8. The Hall–Kier alpha value is -1.06. The minimum absolute atomic E-state index is 0.485. The molecular weight excluding hydrogens is 224 g/mol. The molecule has 1 heterocycles. The van der Waals surface area contributed by atoms with Crippen molar-refractivity contribution in [1.82, 2.24) is 5.32 Å². The van der Waals surface area contributed by atoms with E-state index < -0.39 is 0 Å². The molecular formula is C15H24N2O. The molecule has 1 unspecified atom stereocenters. The van der Waals surface area contributed by atoms with Crippen LogP contribution in [0, 0.1) is 0 Å². The number of para-hydroxylation sites is 1. The molecule has 1 aliphatic rings. The van der Waals surface area contributed by atoms with Crippen molar-refractivity contribution in [1.29, 1.82) is 0 Å². The Balaban J connectivity index is 2.16. The van der Waals surface area contributed by atoms with Crippen molar-refractivity contribution in [2.24, 2.45) is 0 Å². The highest BCUT2D eigenvalue weighted by atomic mass is 16.5. The highest BCUT2D eigenvalue weighted by Crippen LogP contribution is 2.32. The molecule has 1 aromatic rings. The zero-order valence-corrected chi connectivity index (χ0v) is 11.5. The van der Waals surface area contributed by atoms with E-state index in [1.807, 2.05) is 6.92 Å². The predicted octanol–water partition coefficient (Wildman–Crippen LogP) is 2.58. The fourth-order valence-electron chi connectivity index (χ4n) is 2.68. The lowest BCUT2D eigenvalue weighted by Gasteiger charge is -2.25. The number of anilines is 1. The van der Waals surface area contributed by atoms with Crippen molar-refractivity contribution in [3.05, 3.63) is 29.8 Å². The van der Waals surface area contributed by atoms with Crippen LogP contribution in [0.25, 0.3) is 0 Å². The molecule has 0 spiro atoms. The van der Waals surface area contributed by atoms with Gasteiger partial charge in [-0.2, -0.15) is 0 Å². The summed E-state index contributed by atoms with van der Waals surface area (Å²) in [4.78, 5) is 2.46. The van der Waals surface area contributed by atoms with Crippen LogP contribution in [0.2, 0.25) is 0 Å². The largest absolute Gasteiger partial charge is 0.380 e. The molecule has 1 aliphatic heterocycles. The fraction of sp³-hybridized carbons (Fsp3) is 0.600. The number of rotatable bonds is 5. The Labute approximate surface area is 110 Å². The van der Waals surface area contributed by atoms with Gasteiger partial charge in [-0.25, -0.2) is 0 Å². The average molecular weight is 248 g/mol. The van der Waals surface area contributed by atoms with E-state index in [0.717, 1.165) is 26.3 Å². The smallest absolute Gasteiger partial charge is 0.0641 e. The molecule has 0 fully saturated rings. The number of ether oxygens (including phenoxy) is 1. The lowest BCUT2D eigenvalue weighted by Crippen LogP contribution is -2.28. The third kappa shape index (κ3) is 3.03. The molecule has 0 aromatic heterocycles. The summed E-state index contributed by atoms with van der Waals surface area (Å²) in [6.07, 6.45) is 2.44. The van der Waals surface area contributed by atoms with Gasteiger partial charge in [-0.3, -0.25) is 0 Å². The van der Waals surface area contributed by atoms with Gasteiger partial charge in [0.25, 0.3) is 0 Å². The molecule has 3 heteroatoms. The monoisotopic (exact) mass is 248 g/mol. The van der Waals surface area contributed by atoms with Gasteiger partial charge >= 0.3 is 0 Å². The lowest BCUT2D eigenvalue weighted by molar-refractivity contribution is 0.154. The Kier molecular flexibility index (Phi) is 5.02. The maximum absolute atomic E-state index is 5.49. The second-order valence-corrected chi connectivity index (χ2v) is 4.73. The number of nitrogens with zero attached hydrogens (tertiary/aromatic N) is 1. The number of hydrogen-bond acceptors (Lipinski definition) is 3.